The van der Waals surface area contributed by atoms with Crippen LogP contribution in [0.2, 0.25) is 0 Å². The zero-order valence-corrected chi connectivity index (χ0v) is 11.6. The van der Waals surface area contributed by atoms with Crippen molar-refractivity contribution in [2.75, 3.05) is 32.9 Å². The number of rotatable bonds is 5. The molecule has 0 saturated carbocycles. The lowest BCUT2D eigenvalue weighted by atomic mass is 9.94. The molecular weight excluding hydrogens is 232 g/mol. The molecule has 1 N–H and O–H groups in total. The van der Waals surface area contributed by atoms with E-state index in [0.717, 1.165) is 38.0 Å². The van der Waals surface area contributed by atoms with Crippen molar-refractivity contribution in [3.05, 3.63) is 24.8 Å². The van der Waals surface area contributed by atoms with Gasteiger partial charge in [0.05, 0.1) is 4.75 Å². The Kier molecular flexibility index (Phi) is 5.28. The molecule has 0 aromatic carbocycles. The maximum Gasteiger partial charge on any atom is 0.236 e. The fourth-order valence-electron chi connectivity index (χ4n) is 2.18. The highest BCUT2D eigenvalue weighted by atomic mass is 32.2. The quantitative estimate of drug-likeness (QED) is 0.758. The Morgan fingerprint density at radius 1 is 1.53 bits per heavy atom. The Morgan fingerprint density at radius 2 is 2.12 bits per heavy atom. The number of carbonyl (C=O) groups is 1. The molecule has 4 heteroatoms. The lowest BCUT2D eigenvalue weighted by molar-refractivity contribution is -0.124. The Bertz CT molecular complexity index is 307. The Morgan fingerprint density at radius 3 is 2.53 bits per heavy atom. The third-order valence-electron chi connectivity index (χ3n) is 3.41. The Hall–Kier alpha value is -0.740. The number of nitrogens with zero attached hydrogens (tertiary/aromatic N) is 1. The second-order valence-electron chi connectivity index (χ2n) is 4.42. The van der Waals surface area contributed by atoms with Gasteiger partial charge in [0.1, 0.15) is 0 Å². The summed E-state index contributed by atoms with van der Waals surface area (Å²) in [5.41, 5.74) is 1.04. The largest absolute Gasteiger partial charge is 0.358 e. The summed E-state index contributed by atoms with van der Waals surface area (Å²) in [5, 5.41) is 2.78. The van der Waals surface area contributed by atoms with Gasteiger partial charge in [-0.2, -0.15) is 0 Å². The highest BCUT2D eigenvalue weighted by Crippen LogP contribution is 2.34. The van der Waals surface area contributed by atoms with Crippen LogP contribution < -0.4 is 5.32 Å². The van der Waals surface area contributed by atoms with Gasteiger partial charge in [0.25, 0.3) is 0 Å². The topological polar surface area (TPSA) is 32.3 Å². The molecule has 0 atom stereocenters. The van der Waals surface area contributed by atoms with Crippen LogP contribution in [0, 0.1) is 0 Å². The minimum atomic E-state index is -0.235. The summed E-state index contributed by atoms with van der Waals surface area (Å²) in [4.78, 5) is 14.3. The van der Waals surface area contributed by atoms with Crippen LogP contribution in [-0.4, -0.2) is 48.5 Å². The molecule has 1 aliphatic heterocycles. The highest BCUT2D eigenvalue weighted by molar-refractivity contribution is 8.00. The summed E-state index contributed by atoms with van der Waals surface area (Å²) in [7, 11) is 1.71. The van der Waals surface area contributed by atoms with Crippen molar-refractivity contribution in [3.8, 4) is 0 Å². The Labute approximate surface area is 108 Å². The van der Waals surface area contributed by atoms with Gasteiger partial charge < -0.3 is 5.32 Å². The average molecular weight is 254 g/mol. The van der Waals surface area contributed by atoms with Crippen molar-refractivity contribution >= 4 is 17.7 Å². The van der Waals surface area contributed by atoms with Crippen LogP contribution in [-0.2, 0) is 4.79 Å². The van der Waals surface area contributed by atoms with Gasteiger partial charge in [-0.1, -0.05) is 19.2 Å². The average Bonchev–Trinajstić information content (AvgIpc) is 2.38. The van der Waals surface area contributed by atoms with Crippen molar-refractivity contribution < 1.29 is 4.79 Å². The molecule has 0 aromatic heterocycles. The number of nitrogens with one attached hydrogen (secondary N) is 1. The van der Waals surface area contributed by atoms with Crippen LogP contribution in [0.15, 0.2) is 24.8 Å². The van der Waals surface area contributed by atoms with Crippen molar-refractivity contribution in [1.82, 2.24) is 10.2 Å². The summed E-state index contributed by atoms with van der Waals surface area (Å²) in [6.45, 7) is 10.4. The summed E-state index contributed by atoms with van der Waals surface area (Å²) in [6.07, 6.45) is 5.62. The van der Waals surface area contributed by atoms with E-state index in [1.807, 2.05) is 6.26 Å². The van der Waals surface area contributed by atoms with Crippen LogP contribution >= 0.6 is 11.8 Å². The normalized spacial score (nSPS) is 19.6. The van der Waals surface area contributed by atoms with E-state index in [1.54, 1.807) is 24.9 Å². The number of carbonyl (C=O) groups excluding carboxylic acids is 1. The summed E-state index contributed by atoms with van der Waals surface area (Å²) in [6, 6.07) is 0. The predicted octanol–water partition coefficient (Wildman–Crippen LogP) is 1.67. The van der Waals surface area contributed by atoms with Gasteiger partial charge in [0.15, 0.2) is 0 Å². The number of hydrogen-bond donors (Lipinski definition) is 1. The predicted molar refractivity (Wildman–Crippen MR) is 75.3 cm³/mol. The van der Waals surface area contributed by atoms with Crippen molar-refractivity contribution in [2.45, 2.75) is 17.6 Å². The van der Waals surface area contributed by atoms with Crippen LogP contribution in [0.25, 0.3) is 0 Å². The molecule has 1 amide bonds. The molecule has 0 aliphatic carbocycles. The maximum atomic E-state index is 11.9. The lowest BCUT2D eigenvalue weighted by Gasteiger charge is -2.39. The lowest BCUT2D eigenvalue weighted by Crippen LogP contribution is -2.51. The van der Waals surface area contributed by atoms with E-state index in [2.05, 4.69) is 23.4 Å². The molecule has 1 heterocycles. The molecule has 96 valence electrons. The molecule has 0 spiro atoms. The molecule has 0 bridgehead atoms. The molecule has 1 rings (SSSR count). The first-order valence-electron chi connectivity index (χ1n) is 5.88. The van der Waals surface area contributed by atoms with E-state index >= 15 is 0 Å². The van der Waals surface area contributed by atoms with E-state index in [0.29, 0.717) is 0 Å². The van der Waals surface area contributed by atoms with Crippen molar-refractivity contribution in [1.29, 1.82) is 0 Å². The second-order valence-corrected chi connectivity index (χ2v) is 5.61. The molecule has 1 fully saturated rings. The maximum absolute atomic E-state index is 11.9. The van der Waals surface area contributed by atoms with Crippen LogP contribution in [0.4, 0.5) is 0 Å². The fourth-order valence-corrected chi connectivity index (χ4v) is 3.05. The van der Waals surface area contributed by atoms with Gasteiger partial charge in [-0.15, -0.1) is 11.8 Å². The minimum absolute atomic E-state index is 0.159. The fraction of sp³-hybridized carbons (Fsp3) is 0.615. The van der Waals surface area contributed by atoms with Gasteiger partial charge in [-0.3, -0.25) is 9.69 Å². The van der Waals surface area contributed by atoms with Crippen LogP contribution in [0.1, 0.15) is 12.8 Å². The molecule has 1 saturated heterocycles. The molecule has 0 aromatic rings. The van der Waals surface area contributed by atoms with Gasteiger partial charge in [-0.05, 0) is 24.7 Å². The summed E-state index contributed by atoms with van der Waals surface area (Å²) in [5.74, 6) is 0.159. The van der Waals surface area contributed by atoms with E-state index in [9.17, 15) is 4.79 Å². The third kappa shape index (κ3) is 3.36. The van der Waals surface area contributed by atoms with E-state index in [1.165, 1.54) is 0 Å². The number of hydrogen-bond acceptors (Lipinski definition) is 3. The molecule has 3 nitrogen and oxygen atoms in total. The zero-order chi connectivity index (χ0) is 12.9. The number of thioether (sulfide) groups is 1. The highest BCUT2D eigenvalue weighted by Gasteiger charge is 2.39. The zero-order valence-electron chi connectivity index (χ0n) is 10.8. The second kappa shape index (κ2) is 6.26. The van der Waals surface area contributed by atoms with Gasteiger partial charge in [0, 0.05) is 26.7 Å². The Balaban J connectivity index is 2.56. The number of piperidine rings is 1. The first kappa shape index (κ1) is 14.3. The third-order valence-corrected chi connectivity index (χ3v) is 4.79. The standard InChI is InChI=1S/C13H22N2OS/c1-5-11(2)10-15-8-6-13(17-4,7-9-15)12(16)14-3/h5H,1-2,6-10H2,3-4H3,(H,14,16). The first-order chi connectivity index (χ1) is 8.07. The summed E-state index contributed by atoms with van der Waals surface area (Å²) >= 11 is 1.67. The minimum Gasteiger partial charge on any atom is -0.358 e. The number of amides is 1. The summed E-state index contributed by atoms with van der Waals surface area (Å²) < 4.78 is -0.235. The van der Waals surface area contributed by atoms with Crippen molar-refractivity contribution in [3.63, 3.8) is 0 Å². The monoisotopic (exact) mass is 254 g/mol. The van der Waals surface area contributed by atoms with E-state index < -0.39 is 0 Å². The molecule has 0 unspecified atom stereocenters. The van der Waals surface area contributed by atoms with Crippen LogP contribution in [0.3, 0.4) is 0 Å². The molecular formula is C13H22N2OS. The van der Waals surface area contributed by atoms with E-state index in [4.69, 9.17) is 0 Å². The SMILES string of the molecule is C=CC(=C)CN1CCC(SC)(C(=O)NC)CC1. The van der Waals surface area contributed by atoms with Crippen molar-refractivity contribution in [2.24, 2.45) is 0 Å². The molecule has 17 heavy (non-hydrogen) atoms. The van der Waals surface area contributed by atoms with Gasteiger partial charge in [-0.25, -0.2) is 0 Å². The number of likely N-dealkylation sites (tertiary alicyclic amines) is 1. The van der Waals surface area contributed by atoms with Gasteiger partial charge >= 0.3 is 0 Å². The smallest absolute Gasteiger partial charge is 0.236 e. The van der Waals surface area contributed by atoms with Crippen LogP contribution in [0.5, 0.6) is 0 Å². The van der Waals surface area contributed by atoms with Gasteiger partial charge in [0.2, 0.25) is 5.91 Å². The molecule has 1 aliphatic rings. The van der Waals surface area contributed by atoms with E-state index in [-0.39, 0.29) is 10.7 Å². The first-order valence-corrected chi connectivity index (χ1v) is 7.10. The molecule has 0 radical (unpaired) electrons.